The lowest BCUT2D eigenvalue weighted by Crippen LogP contribution is -2.13. The van der Waals surface area contributed by atoms with Crippen LogP contribution in [0, 0.1) is 0 Å². The molecule has 0 unspecified atom stereocenters. The van der Waals surface area contributed by atoms with Crippen molar-refractivity contribution in [3.8, 4) is 11.5 Å². The fraction of sp³-hybridized carbons (Fsp3) is 0.353. The Kier molecular flexibility index (Phi) is 3.98. The van der Waals surface area contributed by atoms with Crippen LogP contribution in [0.15, 0.2) is 36.5 Å². The molecule has 2 rings (SSSR count). The summed E-state index contributed by atoms with van der Waals surface area (Å²) in [7, 11) is 0. The van der Waals surface area contributed by atoms with Crippen molar-refractivity contribution in [1.29, 1.82) is 0 Å². The van der Waals surface area contributed by atoms with Crippen LogP contribution in [0.25, 0.3) is 0 Å². The zero-order chi connectivity index (χ0) is 14.8. The van der Waals surface area contributed by atoms with E-state index in [1.54, 1.807) is 12.3 Å². The van der Waals surface area contributed by atoms with Crippen LogP contribution >= 0.6 is 0 Å². The second kappa shape index (κ2) is 5.53. The second-order valence-corrected chi connectivity index (χ2v) is 5.95. The normalized spacial score (nSPS) is 11.4. The van der Waals surface area contributed by atoms with Crippen LogP contribution in [0.4, 0.5) is 5.82 Å². The molecule has 0 aliphatic heterocycles. The number of hydrogen-bond donors (Lipinski definition) is 1. The van der Waals surface area contributed by atoms with E-state index in [1.165, 1.54) is 11.1 Å². The maximum atomic E-state index is 6.00. The summed E-state index contributed by atoms with van der Waals surface area (Å²) in [4.78, 5) is 3.98. The molecule has 106 valence electrons. The molecule has 1 aromatic carbocycles. The van der Waals surface area contributed by atoms with Crippen LogP contribution < -0.4 is 10.5 Å². The molecular weight excluding hydrogens is 248 g/mol. The Hall–Kier alpha value is -2.03. The summed E-state index contributed by atoms with van der Waals surface area (Å²) < 4.78 is 6.00. The SMILES string of the molecule is CCc1ccc(Oc2ccnc(N)c2)c(C(C)(C)C)c1. The lowest BCUT2D eigenvalue weighted by molar-refractivity contribution is 0.454. The van der Waals surface area contributed by atoms with E-state index in [1.807, 2.05) is 12.1 Å². The average molecular weight is 270 g/mol. The van der Waals surface area contributed by atoms with Gasteiger partial charge in [-0.2, -0.15) is 0 Å². The Bertz CT molecular complexity index is 600. The largest absolute Gasteiger partial charge is 0.457 e. The van der Waals surface area contributed by atoms with Crippen molar-refractivity contribution in [2.24, 2.45) is 0 Å². The van der Waals surface area contributed by atoms with Gasteiger partial charge in [0.1, 0.15) is 17.3 Å². The number of rotatable bonds is 3. The Morgan fingerprint density at radius 3 is 2.50 bits per heavy atom. The molecule has 0 saturated carbocycles. The van der Waals surface area contributed by atoms with Crippen molar-refractivity contribution in [2.45, 2.75) is 39.5 Å². The molecule has 20 heavy (non-hydrogen) atoms. The third-order valence-electron chi connectivity index (χ3n) is 3.24. The predicted molar refractivity (Wildman–Crippen MR) is 83.2 cm³/mol. The van der Waals surface area contributed by atoms with Gasteiger partial charge in [0.05, 0.1) is 0 Å². The van der Waals surface area contributed by atoms with Crippen molar-refractivity contribution in [3.63, 3.8) is 0 Å². The number of anilines is 1. The number of hydrogen-bond acceptors (Lipinski definition) is 3. The highest BCUT2D eigenvalue weighted by Gasteiger charge is 2.20. The van der Waals surface area contributed by atoms with Crippen LogP contribution in [0.3, 0.4) is 0 Å². The smallest absolute Gasteiger partial charge is 0.132 e. The Morgan fingerprint density at radius 1 is 1.15 bits per heavy atom. The lowest BCUT2D eigenvalue weighted by atomic mass is 9.85. The van der Waals surface area contributed by atoms with Gasteiger partial charge in [0, 0.05) is 17.8 Å². The van der Waals surface area contributed by atoms with E-state index in [0.29, 0.717) is 11.6 Å². The van der Waals surface area contributed by atoms with E-state index in [4.69, 9.17) is 10.5 Å². The minimum atomic E-state index is 0.0269. The molecule has 0 spiro atoms. The summed E-state index contributed by atoms with van der Waals surface area (Å²) in [5, 5.41) is 0. The molecule has 0 bridgehead atoms. The highest BCUT2D eigenvalue weighted by Crippen LogP contribution is 2.35. The fourth-order valence-corrected chi connectivity index (χ4v) is 2.09. The summed E-state index contributed by atoms with van der Waals surface area (Å²) in [6, 6.07) is 9.92. The van der Waals surface area contributed by atoms with Gasteiger partial charge in [0.2, 0.25) is 0 Å². The number of nitrogen functional groups attached to an aromatic ring is 1. The molecule has 0 saturated heterocycles. The van der Waals surface area contributed by atoms with E-state index >= 15 is 0 Å². The van der Waals surface area contributed by atoms with Crippen molar-refractivity contribution < 1.29 is 4.74 Å². The van der Waals surface area contributed by atoms with E-state index in [9.17, 15) is 0 Å². The highest BCUT2D eigenvalue weighted by atomic mass is 16.5. The van der Waals surface area contributed by atoms with Crippen LogP contribution in [0.2, 0.25) is 0 Å². The highest BCUT2D eigenvalue weighted by molar-refractivity contribution is 5.45. The zero-order valence-corrected chi connectivity index (χ0v) is 12.6. The van der Waals surface area contributed by atoms with E-state index in [0.717, 1.165) is 12.2 Å². The number of aryl methyl sites for hydroxylation is 1. The van der Waals surface area contributed by atoms with Crippen molar-refractivity contribution in [1.82, 2.24) is 4.98 Å². The van der Waals surface area contributed by atoms with E-state index in [-0.39, 0.29) is 5.41 Å². The first-order valence-corrected chi connectivity index (χ1v) is 6.93. The quantitative estimate of drug-likeness (QED) is 0.903. The minimum absolute atomic E-state index is 0.0269. The van der Waals surface area contributed by atoms with E-state index < -0.39 is 0 Å². The second-order valence-electron chi connectivity index (χ2n) is 5.95. The van der Waals surface area contributed by atoms with Crippen LogP contribution in [-0.2, 0) is 11.8 Å². The monoisotopic (exact) mass is 270 g/mol. The molecule has 2 aromatic rings. The minimum Gasteiger partial charge on any atom is -0.457 e. The van der Waals surface area contributed by atoms with Gasteiger partial charge in [-0.1, -0.05) is 39.8 Å². The number of pyridine rings is 1. The summed E-state index contributed by atoms with van der Waals surface area (Å²) >= 11 is 0. The Labute approximate surface area is 120 Å². The number of nitrogens with two attached hydrogens (primary N) is 1. The van der Waals surface area contributed by atoms with Gasteiger partial charge in [0.25, 0.3) is 0 Å². The first-order chi connectivity index (χ1) is 9.40. The van der Waals surface area contributed by atoms with Gasteiger partial charge in [-0.25, -0.2) is 4.98 Å². The number of aromatic nitrogens is 1. The zero-order valence-electron chi connectivity index (χ0n) is 12.6. The summed E-state index contributed by atoms with van der Waals surface area (Å²) in [6.07, 6.45) is 2.67. The van der Waals surface area contributed by atoms with Crippen LogP contribution in [0.1, 0.15) is 38.8 Å². The maximum Gasteiger partial charge on any atom is 0.132 e. The number of benzene rings is 1. The molecule has 1 heterocycles. The third-order valence-corrected chi connectivity index (χ3v) is 3.24. The maximum absolute atomic E-state index is 6.00. The lowest BCUT2D eigenvalue weighted by Gasteiger charge is -2.23. The molecule has 0 aliphatic carbocycles. The molecule has 2 N–H and O–H groups in total. The number of nitrogens with zero attached hydrogens (tertiary/aromatic N) is 1. The third kappa shape index (κ3) is 3.29. The van der Waals surface area contributed by atoms with Gasteiger partial charge in [-0.05, 0) is 29.5 Å². The Morgan fingerprint density at radius 2 is 1.90 bits per heavy atom. The molecule has 0 radical (unpaired) electrons. The predicted octanol–water partition coefficient (Wildman–Crippen LogP) is 4.32. The van der Waals surface area contributed by atoms with Crippen molar-refractivity contribution in [3.05, 3.63) is 47.7 Å². The summed E-state index contributed by atoms with van der Waals surface area (Å²) in [5.74, 6) is 2.05. The molecule has 0 atom stereocenters. The first kappa shape index (κ1) is 14.4. The molecule has 1 aromatic heterocycles. The van der Waals surface area contributed by atoms with Gasteiger partial charge in [-0.3, -0.25) is 0 Å². The topological polar surface area (TPSA) is 48.1 Å². The van der Waals surface area contributed by atoms with Crippen LogP contribution in [0.5, 0.6) is 11.5 Å². The van der Waals surface area contributed by atoms with Crippen molar-refractivity contribution >= 4 is 5.82 Å². The molecule has 0 fully saturated rings. The number of ether oxygens (including phenoxy) is 1. The van der Waals surface area contributed by atoms with Crippen molar-refractivity contribution in [2.75, 3.05) is 5.73 Å². The van der Waals surface area contributed by atoms with E-state index in [2.05, 4.69) is 44.8 Å². The van der Waals surface area contributed by atoms with Gasteiger partial charge in [0.15, 0.2) is 0 Å². The summed E-state index contributed by atoms with van der Waals surface area (Å²) in [6.45, 7) is 8.73. The summed E-state index contributed by atoms with van der Waals surface area (Å²) in [5.41, 5.74) is 8.23. The molecular formula is C17H22N2O. The van der Waals surface area contributed by atoms with Gasteiger partial charge >= 0.3 is 0 Å². The molecule has 3 heteroatoms. The van der Waals surface area contributed by atoms with Gasteiger partial charge in [-0.15, -0.1) is 0 Å². The van der Waals surface area contributed by atoms with Crippen LogP contribution in [-0.4, -0.2) is 4.98 Å². The van der Waals surface area contributed by atoms with Gasteiger partial charge < -0.3 is 10.5 Å². The molecule has 0 amide bonds. The average Bonchev–Trinajstić information content (AvgIpc) is 2.38. The molecule has 3 nitrogen and oxygen atoms in total. The fourth-order valence-electron chi connectivity index (χ4n) is 2.09. The molecule has 0 aliphatic rings. The Balaban J connectivity index is 2.41. The first-order valence-electron chi connectivity index (χ1n) is 6.93. The standard InChI is InChI=1S/C17H22N2O/c1-5-12-6-7-15(14(10-12)17(2,3)4)20-13-8-9-19-16(18)11-13/h6-11H,5H2,1-4H3,(H2,18,19).